The molecule has 6 heteroatoms. The minimum Gasteiger partial charge on any atom is -0.492 e. The Morgan fingerprint density at radius 3 is 2.50 bits per heavy atom. The van der Waals surface area contributed by atoms with Crippen molar-refractivity contribution < 1.29 is 14.8 Å². The summed E-state index contributed by atoms with van der Waals surface area (Å²) in [5, 5.41) is 17.9. The first-order chi connectivity index (χ1) is 9.56. The van der Waals surface area contributed by atoms with Crippen molar-refractivity contribution in [2.75, 3.05) is 6.61 Å². The second-order valence-electron chi connectivity index (χ2n) is 4.53. The van der Waals surface area contributed by atoms with Gasteiger partial charge in [-0.3, -0.25) is 4.79 Å². The van der Waals surface area contributed by atoms with E-state index in [1.54, 1.807) is 41.1 Å². The van der Waals surface area contributed by atoms with Gasteiger partial charge in [0, 0.05) is 12.3 Å². The van der Waals surface area contributed by atoms with Crippen LogP contribution in [0.2, 0.25) is 0 Å². The molecule has 0 amide bonds. The van der Waals surface area contributed by atoms with E-state index in [0.717, 1.165) is 5.56 Å². The first-order valence-corrected chi connectivity index (χ1v) is 6.32. The lowest BCUT2D eigenvalue weighted by atomic mass is 9.80. The van der Waals surface area contributed by atoms with Gasteiger partial charge in [-0.1, -0.05) is 12.1 Å². The third-order valence-corrected chi connectivity index (χ3v) is 2.93. The quantitative estimate of drug-likeness (QED) is 0.747. The fourth-order valence-corrected chi connectivity index (χ4v) is 1.79. The largest absolute Gasteiger partial charge is 0.492 e. The Labute approximate surface area is 117 Å². The fourth-order valence-electron chi connectivity index (χ4n) is 1.79. The standard InChI is InChI=1S/C14H16BNO4/c1-11-6-7-16(14(17)10-11)8-9-20-13-4-2-12(3-5-13)15(18)19/h2-7,10,18-19H,8-9H2,1H3. The molecular formula is C14H16BNO4. The number of ether oxygens (including phenoxy) is 1. The molecule has 0 fully saturated rings. The zero-order chi connectivity index (χ0) is 14.5. The highest BCUT2D eigenvalue weighted by molar-refractivity contribution is 6.58. The number of benzene rings is 1. The summed E-state index contributed by atoms with van der Waals surface area (Å²) in [6.07, 6.45) is 1.74. The Morgan fingerprint density at radius 1 is 1.20 bits per heavy atom. The van der Waals surface area contributed by atoms with E-state index in [2.05, 4.69) is 0 Å². The van der Waals surface area contributed by atoms with Crippen molar-refractivity contribution in [1.82, 2.24) is 4.57 Å². The molecule has 0 atom stereocenters. The van der Waals surface area contributed by atoms with E-state index >= 15 is 0 Å². The van der Waals surface area contributed by atoms with E-state index in [-0.39, 0.29) is 5.56 Å². The molecule has 0 unspecified atom stereocenters. The first-order valence-electron chi connectivity index (χ1n) is 6.32. The lowest BCUT2D eigenvalue weighted by molar-refractivity contribution is 0.296. The fraction of sp³-hybridized carbons (Fsp3) is 0.214. The minimum atomic E-state index is -1.48. The zero-order valence-corrected chi connectivity index (χ0v) is 11.2. The molecule has 0 aliphatic carbocycles. The van der Waals surface area contributed by atoms with Gasteiger partial charge in [-0.05, 0) is 36.1 Å². The molecule has 0 spiro atoms. The maximum atomic E-state index is 11.7. The SMILES string of the molecule is Cc1ccn(CCOc2ccc(B(O)O)cc2)c(=O)c1. The van der Waals surface area contributed by atoms with Crippen molar-refractivity contribution in [3.05, 3.63) is 58.5 Å². The number of nitrogens with zero attached hydrogens (tertiary/aromatic N) is 1. The summed E-state index contributed by atoms with van der Waals surface area (Å²) >= 11 is 0. The summed E-state index contributed by atoms with van der Waals surface area (Å²) in [4.78, 5) is 11.7. The van der Waals surface area contributed by atoms with E-state index in [0.29, 0.717) is 24.4 Å². The molecule has 2 rings (SSSR count). The van der Waals surface area contributed by atoms with Gasteiger partial charge in [0.25, 0.3) is 5.56 Å². The molecule has 104 valence electrons. The molecule has 2 aromatic rings. The monoisotopic (exact) mass is 273 g/mol. The van der Waals surface area contributed by atoms with Gasteiger partial charge in [0.15, 0.2) is 0 Å². The summed E-state index contributed by atoms with van der Waals surface area (Å²) < 4.78 is 7.09. The average molecular weight is 273 g/mol. The highest BCUT2D eigenvalue weighted by Gasteiger charge is 2.09. The molecule has 5 nitrogen and oxygen atoms in total. The average Bonchev–Trinajstić information content (AvgIpc) is 2.42. The van der Waals surface area contributed by atoms with Crippen LogP contribution in [-0.4, -0.2) is 28.3 Å². The Hall–Kier alpha value is -2.05. The number of rotatable bonds is 5. The summed E-state index contributed by atoms with van der Waals surface area (Å²) in [6, 6.07) is 9.94. The van der Waals surface area contributed by atoms with Gasteiger partial charge in [0.05, 0.1) is 6.54 Å². The van der Waals surface area contributed by atoms with Crippen molar-refractivity contribution in [1.29, 1.82) is 0 Å². The zero-order valence-electron chi connectivity index (χ0n) is 11.2. The van der Waals surface area contributed by atoms with Gasteiger partial charge in [0.2, 0.25) is 0 Å². The summed E-state index contributed by atoms with van der Waals surface area (Å²) in [5.41, 5.74) is 1.30. The van der Waals surface area contributed by atoms with Gasteiger partial charge in [-0.25, -0.2) is 0 Å². The molecule has 0 bridgehead atoms. The first kappa shape index (κ1) is 14.4. The van der Waals surface area contributed by atoms with Crippen LogP contribution in [0.1, 0.15) is 5.56 Å². The van der Waals surface area contributed by atoms with Crippen molar-refractivity contribution in [2.45, 2.75) is 13.5 Å². The van der Waals surface area contributed by atoms with Crippen LogP contribution >= 0.6 is 0 Å². The number of hydrogen-bond donors (Lipinski definition) is 2. The third kappa shape index (κ3) is 3.72. The number of aryl methyl sites for hydroxylation is 1. The Balaban J connectivity index is 1.91. The Morgan fingerprint density at radius 2 is 1.90 bits per heavy atom. The Kier molecular flexibility index (Phi) is 4.60. The highest BCUT2D eigenvalue weighted by atomic mass is 16.5. The maximum absolute atomic E-state index is 11.7. The van der Waals surface area contributed by atoms with E-state index < -0.39 is 7.12 Å². The molecule has 1 heterocycles. The minimum absolute atomic E-state index is 0.0487. The van der Waals surface area contributed by atoms with Crippen molar-refractivity contribution >= 4 is 12.6 Å². The highest BCUT2D eigenvalue weighted by Crippen LogP contribution is 2.07. The van der Waals surface area contributed by atoms with Gasteiger partial charge < -0.3 is 19.4 Å². The van der Waals surface area contributed by atoms with Crippen LogP contribution in [0, 0.1) is 6.92 Å². The maximum Gasteiger partial charge on any atom is 0.488 e. The van der Waals surface area contributed by atoms with Crippen molar-refractivity contribution in [3.63, 3.8) is 0 Å². The van der Waals surface area contributed by atoms with Crippen LogP contribution in [-0.2, 0) is 6.54 Å². The molecule has 0 radical (unpaired) electrons. The van der Waals surface area contributed by atoms with Gasteiger partial charge in [-0.15, -0.1) is 0 Å². The second kappa shape index (κ2) is 6.41. The van der Waals surface area contributed by atoms with E-state index in [1.165, 1.54) is 0 Å². The van der Waals surface area contributed by atoms with Crippen molar-refractivity contribution in [3.8, 4) is 5.75 Å². The van der Waals surface area contributed by atoms with Crippen molar-refractivity contribution in [2.24, 2.45) is 0 Å². The second-order valence-corrected chi connectivity index (χ2v) is 4.53. The third-order valence-electron chi connectivity index (χ3n) is 2.93. The van der Waals surface area contributed by atoms with Crippen LogP contribution in [0.4, 0.5) is 0 Å². The summed E-state index contributed by atoms with van der Waals surface area (Å²) in [7, 11) is -1.48. The molecule has 2 N–H and O–H groups in total. The van der Waals surface area contributed by atoms with Crippen LogP contribution in [0.15, 0.2) is 47.4 Å². The van der Waals surface area contributed by atoms with Gasteiger partial charge in [-0.2, -0.15) is 0 Å². The van der Waals surface area contributed by atoms with Crippen LogP contribution in [0.3, 0.4) is 0 Å². The molecule has 0 saturated carbocycles. The van der Waals surface area contributed by atoms with Gasteiger partial charge >= 0.3 is 7.12 Å². The van der Waals surface area contributed by atoms with Crippen LogP contribution in [0.25, 0.3) is 0 Å². The lowest BCUT2D eigenvalue weighted by Gasteiger charge is -2.09. The smallest absolute Gasteiger partial charge is 0.488 e. The molecule has 20 heavy (non-hydrogen) atoms. The number of pyridine rings is 1. The molecule has 1 aromatic carbocycles. The molecule has 0 saturated heterocycles. The normalized spacial score (nSPS) is 10.3. The number of aromatic nitrogens is 1. The van der Waals surface area contributed by atoms with Crippen LogP contribution in [0.5, 0.6) is 5.75 Å². The number of hydrogen-bond acceptors (Lipinski definition) is 4. The summed E-state index contributed by atoms with van der Waals surface area (Å²) in [6.45, 7) is 2.70. The molecule has 1 aromatic heterocycles. The van der Waals surface area contributed by atoms with E-state index in [1.807, 2.05) is 13.0 Å². The predicted octanol–water partition coefficient (Wildman–Crippen LogP) is -0.0845. The summed E-state index contributed by atoms with van der Waals surface area (Å²) in [5.74, 6) is 0.620. The van der Waals surface area contributed by atoms with E-state index in [9.17, 15) is 4.79 Å². The van der Waals surface area contributed by atoms with Crippen LogP contribution < -0.4 is 15.8 Å². The van der Waals surface area contributed by atoms with E-state index in [4.69, 9.17) is 14.8 Å². The predicted molar refractivity (Wildman–Crippen MR) is 77.2 cm³/mol. The molecule has 0 aliphatic heterocycles. The topological polar surface area (TPSA) is 71.7 Å². The Bertz CT molecular complexity index is 622. The molecule has 0 aliphatic rings. The lowest BCUT2D eigenvalue weighted by Crippen LogP contribution is -2.29. The van der Waals surface area contributed by atoms with Gasteiger partial charge in [0.1, 0.15) is 12.4 Å². The molecular weight excluding hydrogens is 257 g/mol.